The molecule has 1 fully saturated rings. The number of hydrogen-bond acceptors (Lipinski definition) is 4. The average molecular weight is 305 g/mol. The molecule has 1 aromatic heterocycles. The van der Waals surface area contributed by atoms with E-state index >= 15 is 0 Å². The first-order valence-corrected chi connectivity index (χ1v) is 6.95. The molecule has 0 spiro atoms. The minimum absolute atomic E-state index is 0.0242. The molecule has 1 amide bonds. The van der Waals surface area contributed by atoms with Gasteiger partial charge in [0.2, 0.25) is 0 Å². The van der Waals surface area contributed by atoms with E-state index in [1.807, 2.05) is 0 Å². The van der Waals surface area contributed by atoms with E-state index in [0.717, 1.165) is 12.8 Å². The Kier molecular flexibility index (Phi) is 3.81. The van der Waals surface area contributed by atoms with Crippen LogP contribution in [0.3, 0.4) is 0 Å². The van der Waals surface area contributed by atoms with Gasteiger partial charge in [-0.2, -0.15) is 5.10 Å². The maximum absolute atomic E-state index is 13.2. The molecule has 0 atom stereocenters. The van der Waals surface area contributed by atoms with Crippen LogP contribution in [0.15, 0.2) is 30.5 Å². The van der Waals surface area contributed by atoms with E-state index in [0.29, 0.717) is 5.69 Å². The second kappa shape index (κ2) is 5.76. The zero-order valence-corrected chi connectivity index (χ0v) is 12.0. The van der Waals surface area contributed by atoms with Crippen molar-refractivity contribution in [1.29, 1.82) is 0 Å². The molecular formula is C15H16FN3O3. The number of nitrogens with zero attached hydrogens (tertiary/aromatic N) is 2. The predicted molar refractivity (Wildman–Crippen MR) is 76.5 cm³/mol. The van der Waals surface area contributed by atoms with Crippen LogP contribution in [-0.2, 0) is 4.74 Å². The second-order valence-corrected chi connectivity index (χ2v) is 5.29. The topological polar surface area (TPSA) is 76.4 Å². The SMILES string of the molecule is COC1CC(NC(=O)c2nn(-c3cccc(F)c3)cc2O)C1. The number of methoxy groups -OCH3 is 1. The number of carbonyl (C=O) groups excluding carboxylic acids is 1. The molecule has 3 rings (SSSR count). The molecule has 0 unspecified atom stereocenters. The molecule has 1 aliphatic carbocycles. The first kappa shape index (κ1) is 14.5. The number of aromatic hydroxyl groups is 1. The van der Waals surface area contributed by atoms with Gasteiger partial charge < -0.3 is 15.2 Å². The van der Waals surface area contributed by atoms with E-state index < -0.39 is 11.7 Å². The van der Waals surface area contributed by atoms with Crippen molar-refractivity contribution >= 4 is 5.91 Å². The van der Waals surface area contributed by atoms with Gasteiger partial charge >= 0.3 is 0 Å². The molecule has 1 aromatic carbocycles. The Bertz CT molecular complexity index is 695. The summed E-state index contributed by atoms with van der Waals surface area (Å²) in [6.45, 7) is 0. The van der Waals surface area contributed by atoms with Crippen LogP contribution in [0.2, 0.25) is 0 Å². The molecule has 7 heteroatoms. The Morgan fingerprint density at radius 3 is 2.95 bits per heavy atom. The van der Waals surface area contributed by atoms with Crippen molar-refractivity contribution < 1.29 is 19.0 Å². The summed E-state index contributed by atoms with van der Waals surface area (Å²) in [7, 11) is 1.63. The van der Waals surface area contributed by atoms with Crippen LogP contribution < -0.4 is 5.32 Å². The lowest BCUT2D eigenvalue weighted by molar-refractivity contribution is 0.0175. The monoisotopic (exact) mass is 305 g/mol. The number of rotatable bonds is 4. The third-order valence-electron chi connectivity index (χ3n) is 3.75. The first-order chi connectivity index (χ1) is 10.6. The van der Waals surface area contributed by atoms with Gasteiger partial charge in [-0.15, -0.1) is 0 Å². The lowest BCUT2D eigenvalue weighted by atomic mass is 9.89. The summed E-state index contributed by atoms with van der Waals surface area (Å²) < 4.78 is 19.6. The standard InChI is InChI=1S/C15H16FN3O3/c1-22-12-6-10(7-12)17-15(21)14-13(20)8-19(18-14)11-4-2-3-9(16)5-11/h2-5,8,10,12,20H,6-7H2,1H3,(H,17,21). The van der Waals surface area contributed by atoms with Crippen molar-refractivity contribution in [2.24, 2.45) is 0 Å². The number of benzene rings is 1. The first-order valence-electron chi connectivity index (χ1n) is 6.95. The van der Waals surface area contributed by atoms with Gasteiger partial charge in [-0.05, 0) is 31.0 Å². The van der Waals surface area contributed by atoms with E-state index in [1.165, 1.54) is 29.1 Å². The molecule has 1 aliphatic rings. The number of ether oxygens (including phenoxy) is 1. The number of hydrogen-bond donors (Lipinski definition) is 2. The minimum atomic E-state index is -0.452. The Hall–Kier alpha value is -2.41. The summed E-state index contributed by atoms with van der Waals surface area (Å²) in [5.74, 6) is -1.12. The third kappa shape index (κ3) is 2.80. The molecule has 116 valence electrons. The van der Waals surface area contributed by atoms with E-state index in [1.54, 1.807) is 13.2 Å². The molecule has 0 radical (unpaired) electrons. The number of nitrogens with one attached hydrogen (secondary N) is 1. The normalized spacial score (nSPS) is 20.5. The summed E-state index contributed by atoms with van der Waals surface area (Å²) >= 11 is 0. The van der Waals surface area contributed by atoms with E-state index in [4.69, 9.17) is 4.74 Å². The molecule has 22 heavy (non-hydrogen) atoms. The van der Waals surface area contributed by atoms with E-state index in [-0.39, 0.29) is 23.6 Å². The van der Waals surface area contributed by atoms with Crippen molar-refractivity contribution in [1.82, 2.24) is 15.1 Å². The van der Waals surface area contributed by atoms with Crippen LogP contribution in [0.4, 0.5) is 4.39 Å². The third-order valence-corrected chi connectivity index (χ3v) is 3.75. The molecular weight excluding hydrogens is 289 g/mol. The number of amides is 1. The van der Waals surface area contributed by atoms with Crippen molar-refractivity contribution in [3.63, 3.8) is 0 Å². The number of halogens is 1. The van der Waals surface area contributed by atoms with Gasteiger partial charge in [0.05, 0.1) is 18.0 Å². The highest BCUT2D eigenvalue weighted by Gasteiger charge is 2.31. The molecule has 0 aliphatic heterocycles. The molecule has 2 aromatic rings. The number of aromatic nitrogens is 2. The predicted octanol–water partition coefficient (Wildman–Crippen LogP) is 1.62. The zero-order valence-electron chi connectivity index (χ0n) is 12.0. The summed E-state index contributed by atoms with van der Waals surface area (Å²) in [6, 6.07) is 5.76. The van der Waals surface area contributed by atoms with Crippen LogP contribution in [0.1, 0.15) is 23.3 Å². The molecule has 0 saturated heterocycles. The molecule has 1 heterocycles. The van der Waals surface area contributed by atoms with Crippen molar-refractivity contribution in [2.75, 3.05) is 7.11 Å². The fourth-order valence-electron chi connectivity index (χ4n) is 2.41. The van der Waals surface area contributed by atoms with E-state index in [9.17, 15) is 14.3 Å². The quantitative estimate of drug-likeness (QED) is 0.900. The Balaban J connectivity index is 1.73. The molecule has 0 bridgehead atoms. The minimum Gasteiger partial charge on any atom is -0.504 e. The Morgan fingerprint density at radius 2 is 2.27 bits per heavy atom. The lowest BCUT2D eigenvalue weighted by Gasteiger charge is -2.34. The highest BCUT2D eigenvalue weighted by molar-refractivity contribution is 5.95. The summed E-state index contributed by atoms with van der Waals surface area (Å²) in [6.07, 6.45) is 2.94. The molecule has 6 nitrogen and oxygen atoms in total. The Morgan fingerprint density at radius 1 is 1.50 bits per heavy atom. The fraction of sp³-hybridized carbons (Fsp3) is 0.333. The molecule has 2 N–H and O–H groups in total. The summed E-state index contributed by atoms with van der Waals surface area (Å²) in [5.41, 5.74) is 0.350. The second-order valence-electron chi connectivity index (χ2n) is 5.29. The Labute approximate surface area is 126 Å². The fourth-order valence-corrected chi connectivity index (χ4v) is 2.41. The average Bonchev–Trinajstić information content (AvgIpc) is 2.84. The highest BCUT2D eigenvalue weighted by Crippen LogP contribution is 2.24. The molecule has 1 saturated carbocycles. The van der Waals surface area contributed by atoms with Crippen molar-refractivity contribution in [3.05, 3.63) is 42.0 Å². The van der Waals surface area contributed by atoms with Crippen LogP contribution >= 0.6 is 0 Å². The van der Waals surface area contributed by atoms with Gasteiger partial charge in [0.15, 0.2) is 11.4 Å². The van der Waals surface area contributed by atoms with Crippen LogP contribution in [0.5, 0.6) is 5.75 Å². The zero-order chi connectivity index (χ0) is 15.7. The maximum Gasteiger partial charge on any atom is 0.275 e. The van der Waals surface area contributed by atoms with E-state index in [2.05, 4.69) is 10.4 Å². The smallest absolute Gasteiger partial charge is 0.275 e. The maximum atomic E-state index is 13.2. The van der Waals surface area contributed by atoms with Gasteiger partial charge in [0.25, 0.3) is 5.91 Å². The van der Waals surface area contributed by atoms with Gasteiger partial charge in [0, 0.05) is 13.2 Å². The van der Waals surface area contributed by atoms with Crippen LogP contribution in [-0.4, -0.2) is 40.0 Å². The van der Waals surface area contributed by atoms with Crippen LogP contribution in [0, 0.1) is 5.82 Å². The highest BCUT2D eigenvalue weighted by atomic mass is 19.1. The van der Waals surface area contributed by atoms with Gasteiger partial charge in [-0.3, -0.25) is 4.79 Å². The summed E-state index contributed by atoms with van der Waals surface area (Å²) in [5, 5.41) is 16.7. The lowest BCUT2D eigenvalue weighted by Crippen LogP contribution is -2.47. The van der Waals surface area contributed by atoms with Crippen LogP contribution in [0.25, 0.3) is 5.69 Å². The summed E-state index contributed by atoms with van der Waals surface area (Å²) in [4.78, 5) is 12.1. The van der Waals surface area contributed by atoms with Crippen molar-refractivity contribution in [3.8, 4) is 11.4 Å². The van der Waals surface area contributed by atoms with Gasteiger partial charge in [0.1, 0.15) is 5.82 Å². The van der Waals surface area contributed by atoms with Gasteiger partial charge in [-0.25, -0.2) is 9.07 Å². The van der Waals surface area contributed by atoms with Gasteiger partial charge in [-0.1, -0.05) is 6.07 Å². The van der Waals surface area contributed by atoms with Crippen molar-refractivity contribution in [2.45, 2.75) is 25.0 Å². The number of carbonyl (C=O) groups is 1. The largest absolute Gasteiger partial charge is 0.504 e.